The van der Waals surface area contributed by atoms with Gasteiger partial charge in [-0.3, -0.25) is 0 Å². The van der Waals surface area contributed by atoms with Gasteiger partial charge in [-0.2, -0.15) is 0 Å². The monoisotopic (exact) mass is 188 g/mol. The van der Waals surface area contributed by atoms with Crippen molar-refractivity contribution in [3.05, 3.63) is 12.0 Å². The van der Waals surface area contributed by atoms with E-state index in [4.69, 9.17) is 5.11 Å². The van der Waals surface area contributed by atoms with E-state index in [9.17, 15) is 8.78 Å². The van der Waals surface area contributed by atoms with Crippen LogP contribution in [0.4, 0.5) is 8.78 Å². The molecule has 1 aliphatic rings. The number of hydrogen-bond donors (Lipinski definition) is 2. The van der Waals surface area contributed by atoms with E-state index in [-0.39, 0.29) is 24.6 Å². The molecule has 0 spiro atoms. The van der Waals surface area contributed by atoms with E-state index >= 15 is 0 Å². The second-order valence-electron chi connectivity index (χ2n) is 3.45. The second-order valence-corrected chi connectivity index (χ2v) is 3.45. The maximum absolute atomic E-state index is 12.8. The van der Waals surface area contributed by atoms with Gasteiger partial charge in [0.2, 0.25) is 11.8 Å². The molecule has 2 rings (SSSR count). The van der Waals surface area contributed by atoms with E-state index in [1.807, 2.05) is 0 Å². The molecule has 1 aromatic heterocycles. The normalized spacial score (nSPS) is 26.5. The van der Waals surface area contributed by atoms with Crippen molar-refractivity contribution in [3.8, 4) is 5.88 Å². The molecule has 5 heteroatoms. The molecule has 1 aromatic rings. The molecule has 1 saturated carbocycles. The molecule has 1 fully saturated rings. The Morgan fingerprint density at radius 1 is 1.62 bits per heavy atom. The van der Waals surface area contributed by atoms with Gasteiger partial charge in [-0.05, 0) is 6.42 Å². The molecule has 2 N–H and O–H groups in total. The Kier molecular flexibility index (Phi) is 1.75. The number of aromatic nitrogens is 2. The van der Waals surface area contributed by atoms with Crippen LogP contribution in [0.25, 0.3) is 0 Å². The molecule has 0 radical (unpaired) electrons. The number of nitrogens with zero attached hydrogens (tertiary/aromatic N) is 1. The molecule has 0 aromatic carbocycles. The summed E-state index contributed by atoms with van der Waals surface area (Å²) in [5.74, 6) is -2.40. The van der Waals surface area contributed by atoms with Gasteiger partial charge < -0.3 is 10.1 Å². The highest BCUT2D eigenvalue weighted by atomic mass is 19.3. The molecule has 0 saturated heterocycles. The van der Waals surface area contributed by atoms with E-state index in [1.54, 1.807) is 0 Å². The second kappa shape index (κ2) is 2.68. The molecule has 72 valence electrons. The average Bonchev–Trinajstić information content (AvgIpc) is 2.56. The van der Waals surface area contributed by atoms with Crippen molar-refractivity contribution in [2.45, 2.75) is 31.1 Å². The summed E-state index contributed by atoms with van der Waals surface area (Å²) in [5.41, 5.74) is 0. The number of aromatic hydroxyl groups is 1. The van der Waals surface area contributed by atoms with Crippen LogP contribution in [0.1, 0.15) is 31.0 Å². The molecule has 1 aliphatic carbocycles. The molecule has 1 heterocycles. The maximum atomic E-state index is 12.8. The van der Waals surface area contributed by atoms with Gasteiger partial charge in [-0.25, -0.2) is 13.8 Å². The summed E-state index contributed by atoms with van der Waals surface area (Å²) in [6, 6.07) is 0. The first-order chi connectivity index (χ1) is 6.07. The highest BCUT2D eigenvalue weighted by Gasteiger charge is 2.41. The highest BCUT2D eigenvalue weighted by molar-refractivity contribution is 5.10. The van der Waals surface area contributed by atoms with E-state index in [0.717, 1.165) is 0 Å². The van der Waals surface area contributed by atoms with Crippen LogP contribution >= 0.6 is 0 Å². The van der Waals surface area contributed by atoms with Crippen LogP contribution in [0.3, 0.4) is 0 Å². The standard InChI is InChI=1S/C8H10F2N2O/c9-8(10)2-1-5(3-8)7-11-4-6(13)12-7/h4-5,13H,1-3H2,(H,11,12). The zero-order chi connectivity index (χ0) is 9.47. The lowest BCUT2D eigenvalue weighted by Crippen LogP contribution is -2.09. The third-order valence-corrected chi connectivity index (χ3v) is 2.37. The van der Waals surface area contributed by atoms with Gasteiger partial charge >= 0.3 is 0 Å². The van der Waals surface area contributed by atoms with Gasteiger partial charge in [-0.15, -0.1) is 0 Å². The third kappa shape index (κ3) is 1.64. The molecule has 0 amide bonds. The van der Waals surface area contributed by atoms with E-state index < -0.39 is 5.92 Å². The first kappa shape index (κ1) is 8.47. The van der Waals surface area contributed by atoms with Gasteiger partial charge in [0.1, 0.15) is 5.82 Å². The van der Waals surface area contributed by atoms with Crippen LogP contribution in [0.5, 0.6) is 5.88 Å². The Balaban J connectivity index is 2.12. The van der Waals surface area contributed by atoms with Crippen molar-refractivity contribution in [2.75, 3.05) is 0 Å². The van der Waals surface area contributed by atoms with Crippen molar-refractivity contribution in [1.82, 2.24) is 9.97 Å². The third-order valence-electron chi connectivity index (χ3n) is 2.37. The van der Waals surface area contributed by atoms with Gasteiger partial charge in [0.05, 0.1) is 6.20 Å². The topological polar surface area (TPSA) is 48.9 Å². The fraction of sp³-hybridized carbons (Fsp3) is 0.625. The number of alkyl halides is 2. The summed E-state index contributed by atoms with van der Waals surface area (Å²) in [4.78, 5) is 6.39. The molecular formula is C8H10F2N2O. The zero-order valence-corrected chi connectivity index (χ0v) is 6.93. The molecule has 0 aliphatic heterocycles. The van der Waals surface area contributed by atoms with Crippen LogP contribution in [-0.4, -0.2) is 21.0 Å². The number of nitrogens with one attached hydrogen (secondary N) is 1. The molecule has 1 unspecified atom stereocenters. The smallest absolute Gasteiger partial charge is 0.248 e. The summed E-state index contributed by atoms with van der Waals surface area (Å²) in [5, 5.41) is 8.94. The van der Waals surface area contributed by atoms with Crippen molar-refractivity contribution < 1.29 is 13.9 Å². The minimum absolute atomic E-state index is 0.0646. The largest absolute Gasteiger partial charge is 0.493 e. The summed E-state index contributed by atoms with van der Waals surface area (Å²) < 4.78 is 25.6. The van der Waals surface area contributed by atoms with Crippen molar-refractivity contribution in [3.63, 3.8) is 0 Å². The Hall–Kier alpha value is -1.13. The minimum atomic E-state index is -2.56. The van der Waals surface area contributed by atoms with E-state index in [2.05, 4.69) is 9.97 Å². The van der Waals surface area contributed by atoms with Crippen LogP contribution in [0.2, 0.25) is 0 Å². The predicted octanol–water partition coefficient (Wildman–Crippen LogP) is 2.02. The first-order valence-electron chi connectivity index (χ1n) is 4.18. The lowest BCUT2D eigenvalue weighted by Gasteiger charge is -2.07. The van der Waals surface area contributed by atoms with Crippen molar-refractivity contribution in [2.24, 2.45) is 0 Å². The zero-order valence-electron chi connectivity index (χ0n) is 6.93. The lowest BCUT2D eigenvalue weighted by atomic mass is 10.1. The predicted molar refractivity (Wildman–Crippen MR) is 41.8 cm³/mol. The number of H-pyrrole nitrogens is 1. The Labute approximate surface area is 73.8 Å². The molecule has 3 nitrogen and oxygen atoms in total. The van der Waals surface area contributed by atoms with Crippen LogP contribution in [0.15, 0.2) is 6.20 Å². The number of imidazole rings is 1. The van der Waals surface area contributed by atoms with Crippen molar-refractivity contribution >= 4 is 0 Å². The van der Waals surface area contributed by atoms with Crippen molar-refractivity contribution in [1.29, 1.82) is 0 Å². The highest BCUT2D eigenvalue weighted by Crippen LogP contribution is 2.43. The summed E-state index contributed by atoms with van der Waals surface area (Å²) in [6.45, 7) is 0. The number of hydrogen-bond acceptors (Lipinski definition) is 2. The fourth-order valence-corrected chi connectivity index (χ4v) is 1.72. The summed E-state index contributed by atoms with van der Waals surface area (Å²) >= 11 is 0. The van der Waals surface area contributed by atoms with Crippen LogP contribution in [-0.2, 0) is 0 Å². The van der Waals surface area contributed by atoms with Gasteiger partial charge in [0.25, 0.3) is 0 Å². The van der Waals surface area contributed by atoms with Gasteiger partial charge in [0.15, 0.2) is 0 Å². The minimum Gasteiger partial charge on any atom is -0.493 e. The SMILES string of the molecule is Oc1cnc(C2CCC(F)(F)C2)[nH]1. The summed E-state index contributed by atoms with van der Waals surface area (Å²) in [7, 11) is 0. The Morgan fingerprint density at radius 3 is 2.85 bits per heavy atom. The molecule has 1 atom stereocenters. The van der Waals surface area contributed by atoms with Gasteiger partial charge in [-0.1, -0.05) is 0 Å². The summed E-state index contributed by atoms with van der Waals surface area (Å²) in [6.07, 6.45) is 1.42. The van der Waals surface area contributed by atoms with Gasteiger partial charge in [0, 0.05) is 18.8 Å². The van der Waals surface area contributed by atoms with E-state index in [1.165, 1.54) is 6.20 Å². The number of aromatic amines is 1. The number of halogens is 2. The molecule has 13 heavy (non-hydrogen) atoms. The lowest BCUT2D eigenvalue weighted by molar-refractivity contribution is 0.00755. The maximum Gasteiger partial charge on any atom is 0.248 e. The Bertz CT molecular complexity index is 311. The average molecular weight is 188 g/mol. The van der Waals surface area contributed by atoms with E-state index in [0.29, 0.717) is 12.2 Å². The Morgan fingerprint density at radius 2 is 2.38 bits per heavy atom. The first-order valence-corrected chi connectivity index (χ1v) is 4.18. The van der Waals surface area contributed by atoms with Crippen LogP contribution in [0, 0.1) is 0 Å². The molecule has 0 bridgehead atoms. The van der Waals surface area contributed by atoms with Crippen LogP contribution < -0.4 is 0 Å². The molecular weight excluding hydrogens is 178 g/mol. The number of rotatable bonds is 1. The fourth-order valence-electron chi connectivity index (χ4n) is 1.72. The quantitative estimate of drug-likeness (QED) is 0.708.